The maximum Gasteiger partial charge on any atom is 0.323 e. The first kappa shape index (κ1) is 27.7. The molecule has 1 heterocycles. The van der Waals surface area contributed by atoms with E-state index in [0.717, 1.165) is 18.1 Å². The van der Waals surface area contributed by atoms with Crippen LogP contribution >= 0.6 is 11.6 Å². The Bertz CT molecular complexity index is 959. The van der Waals surface area contributed by atoms with Gasteiger partial charge in [-0.2, -0.15) is 0 Å². The summed E-state index contributed by atoms with van der Waals surface area (Å²) in [5, 5.41) is 8.52. The van der Waals surface area contributed by atoms with Gasteiger partial charge in [0.1, 0.15) is 11.6 Å². The van der Waals surface area contributed by atoms with Crippen LogP contribution in [0, 0.1) is 17.6 Å². The van der Waals surface area contributed by atoms with E-state index >= 15 is 0 Å². The number of rotatable bonds is 3. The third-order valence-corrected chi connectivity index (χ3v) is 6.55. The Morgan fingerprint density at radius 1 is 1.09 bits per heavy atom. The molecule has 1 saturated carbocycles. The van der Waals surface area contributed by atoms with Crippen molar-refractivity contribution in [2.75, 3.05) is 17.2 Å². The third-order valence-electron chi connectivity index (χ3n) is 6.22. The summed E-state index contributed by atoms with van der Waals surface area (Å²) in [6, 6.07) is 6.34. The Morgan fingerprint density at radius 3 is 2.47 bits per heavy atom. The molecule has 0 radical (unpaired) electrons. The number of urea groups is 1. The lowest BCUT2D eigenvalue weighted by Crippen LogP contribution is -2.53. The fourth-order valence-corrected chi connectivity index (χ4v) is 4.62. The van der Waals surface area contributed by atoms with Gasteiger partial charge in [0, 0.05) is 22.9 Å². The van der Waals surface area contributed by atoms with Crippen molar-refractivity contribution in [1.29, 1.82) is 0 Å². The van der Waals surface area contributed by atoms with Crippen LogP contribution in [-0.4, -0.2) is 24.4 Å². The number of piperidine rings is 1. The molecule has 2 amide bonds. The van der Waals surface area contributed by atoms with E-state index in [2.05, 4.69) is 22.9 Å². The van der Waals surface area contributed by atoms with Crippen molar-refractivity contribution in [3.05, 3.63) is 58.6 Å². The molecule has 2 fully saturated rings. The number of fused-ring (bicyclic) bond motifs is 1. The molecule has 3 N–H and O–H groups in total. The van der Waals surface area contributed by atoms with Gasteiger partial charge in [-0.3, -0.25) is 4.79 Å². The smallest absolute Gasteiger partial charge is 0.311 e. The van der Waals surface area contributed by atoms with Gasteiger partial charge in [0.05, 0.1) is 10.7 Å². The number of hydrogen-bond donors (Lipinski definition) is 3. The molecule has 2 atom stereocenters. The topological polar surface area (TPSA) is 70.2 Å². The molecule has 1 aliphatic heterocycles. The quantitative estimate of drug-likeness (QED) is 0.389. The Balaban J connectivity index is 0.000000262. The molecular weight excluding hydrogens is 460 g/mol. The van der Waals surface area contributed by atoms with Gasteiger partial charge >= 0.3 is 6.03 Å². The van der Waals surface area contributed by atoms with Crippen molar-refractivity contribution in [3.8, 4) is 0 Å². The highest BCUT2D eigenvalue weighted by atomic mass is 35.5. The predicted molar refractivity (Wildman–Crippen MR) is 135 cm³/mol. The molecule has 186 valence electrons. The fraction of sp³-hybridized carbons (Fsp3) is 0.462. The highest BCUT2D eigenvalue weighted by Gasteiger charge is 2.37. The minimum absolute atomic E-state index is 0.162. The van der Waals surface area contributed by atoms with Gasteiger partial charge in [0.25, 0.3) is 0 Å². The molecule has 34 heavy (non-hydrogen) atoms. The number of benzene rings is 2. The summed E-state index contributed by atoms with van der Waals surface area (Å²) in [6.07, 6.45) is 9.27. The molecule has 5 nitrogen and oxygen atoms in total. The minimum Gasteiger partial charge on any atom is -0.311 e. The number of halogens is 3. The van der Waals surface area contributed by atoms with E-state index in [4.69, 9.17) is 11.6 Å². The number of carbonyl (C=O) groups is 2. The molecule has 4 rings (SSSR count). The van der Waals surface area contributed by atoms with Crippen LogP contribution in [0.1, 0.15) is 69.7 Å². The maximum atomic E-state index is 13.4. The normalized spacial score (nSPS) is 20.9. The van der Waals surface area contributed by atoms with Gasteiger partial charge in [-0.1, -0.05) is 38.3 Å². The van der Waals surface area contributed by atoms with Crippen molar-refractivity contribution in [3.63, 3.8) is 0 Å². The second-order valence-corrected chi connectivity index (χ2v) is 8.89. The first-order chi connectivity index (χ1) is 16.3. The van der Waals surface area contributed by atoms with Gasteiger partial charge in [-0.15, -0.1) is 0 Å². The van der Waals surface area contributed by atoms with E-state index in [1.807, 2.05) is 13.8 Å². The van der Waals surface area contributed by atoms with Gasteiger partial charge in [-0.25, -0.2) is 13.6 Å². The molecule has 1 saturated heterocycles. The summed E-state index contributed by atoms with van der Waals surface area (Å²) >= 11 is 5.81. The van der Waals surface area contributed by atoms with Crippen LogP contribution in [0.2, 0.25) is 5.02 Å². The average molecular weight is 494 g/mol. The van der Waals surface area contributed by atoms with E-state index in [0.29, 0.717) is 23.6 Å². The van der Waals surface area contributed by atoms with E-state index in [9.17, 15) is 18.4 Å². The predicted octanol–water partition coefficient (Wildman–Crippen LogP) is 7.42. The number of nitrogens with one attached hydrogen (secondary N) is 3. The van der Waals surface area contributed by atoms with Crippen LogP contribution in [0.4, 0.5) is 25.0 Å². The molecule has 2 aromatic rings. The average Bonchev–Trinajstić information content (AvgIpc) is 2.82. The van der Waals surface area contributed by atoms with Gasteiger partial charge < -0.3 is 16.0 Å². The standard InChI is InChI=1S/C14H9ClF2N2O2.C10H19N.C2H6/c15-11-6-10(3-1-8(11)7-20)18-14(21)19-13-4-2-9(16)5-12(13)17;1-10-7-3-2-5-9(10)6-4-8-11-10;1-2/h1-7H,(H2,18,19,21);9,11H,2-8H2,1H3;1-2H3. The molecule has 2 aromatic carbocycles. The lowest BCUT2D eigenvalue weighted by Gasteiger charge is -2.45. The summed E-state index contributed by atoms with van der Waals surface area (Å²) < 4.78 is 26.1. The first-order valence-corrected chi connectivity index (χ1v) is 12.2. The fourth-order valence-electron chi connectivity index (χ4n) is 4.40. The van der Waals surface area contributed by atoms with Crippen LogP contribution in [0.15, 0.2) is 36.4 Å². The van der Waals surface area contributed by atoms with E-state index < -0.39 is 17.7 Å². The van der Waals surface area contributed by atoms with E-state index in [1.165, 1.54) is 63.3 Å². The molecule has 2 unspecified atom stereocenters. The van der Waals surface area contributed by atoms with Crippen LogP contribution in [-0.2, 0) is 0 Å². The van der Waals surface area contributed by atoms with Gasteiger partial charge in [-0.05, 0) is 75.4 Å². The van der Waals surface area contributed by atoms with Crippen LogP contribution in [0.3, 0.4) is 0 Å². The Kier molecular flexibility index (Phi) is 10.9. The van der Waals surface area contributed by atoms with Crippen molar-refractivity contribution < 1.29 is 18.4 Å². The summed E-state index contributed by atoms with van der Waals surface area (Å²) in [5.41, 5.74) is 0.971. The maximum absolute atomic E-state index is 13.4. The Labute approximate surface area is 205 Å². The monoisotopic (exact) mass is 493 g/mol. The van der Waals surface area contributed by atoms with Crippen molar-refractivity contribution in [2.24, 2.45) is 5.92 Å². The third kappa shape index (κ3) is 7.77. The van der Waals surface area contributed by atoms with Gasteiger partial charge in [0.15, 0.2) is 6.29 Å². The summed E-state index contributed by atoms with van der Waals surface area (Å²) in [6.45, 7) is 7.68. The second-order valence-electron chi connectivity index (χ2n) is 8.49. The SMILES string of the molecule is CC.CC12CCCCC1CCCN2.O=Cc1ccc(NC(=O)Nc2ccc(F)cc2F)cc1Cl. The van der Waals surface area contributed by atoms with Crippen LogP contribution in [0.25, 0.3) is 0 Å². The van der Waals surface area contributed by atoms with Crippen molar-refractivity contribution >= 4 is 35.3 Å². The molecule has 8 heteroatoms. The number of amides is 2. The lowest BCUT2D eigenvalue weighted by atomic mass is 9.70. The zero-order valence-electron chi connectivity index (χ0n) is 20.0. The van der Waals surface area contributed by atoms with Crippen LogP contribution < -0.4 is 16.0 Å². The number of anilines is 2. The van der Waals surface area contributed by atoms with Crippen LogP contribution in [0.5, 0.6) is 0 Å². The minimum atomic E-state index is -0.889. The second kappa shape index (κ2) is 13.4. The zero-order valence-corrected chi connectivity index (χ0v) is 20.8. The highest BCUT2D eigenvalue weighted by Crippen LogP contribution is 2.38. The van der Waals surface area contributed by atoms with E-state index in [-0.39, 0.29) is 16.3 Å². The molecule has 0 bridgehead atoms. The molecule has 2 aliphatic rings. The largest absolute Gasteiger partial charge is 0.323 e. The number of hydrogen-bond acceptors (Lipinski definition) is 3. The zero-order chi connectivity index (χ0) is 25.1. The Hall–Kier alpha value is -2.51. The van der Waals surface area contributed by atoms with E-state index in [1.54, 1.807) is 0 Å². The summed E-state index contributed by atoms with van der Waals surface area (Å²) in [4.78, 5) is 22.3. The van der Waals surface area contributed by atoms with Gasteiger partial charge in [0.2, 0.25) is 0 Å². The molecule has 0 spiro atoms. The van der Waals surface area contributed by atoms with Crippen molar-refractivity contribution in [2.45, 2.75) is 64.8 Å². The van der Waals surface area contributed by atoms with Crippen molar-refractivity contribution in [1.82, 2.24) is 5.32 Å². The molecular formula is C26H34ClF2N3O2. The first-order valence-electron chi connectivity index (χ1n) is 11.8. The molecule has 1 aliphatic carbocycles. The molecule has 0 aromatic heterocycles. The number of carbonyl (C=O) groups excluding carboxylic acids is 2. The summed E-state index contributed by atoms with van der Waals surface area (Å²) in [5.74, 6) is -0.640. The highest BCUT2D eigenvalue weighted by molar-refractivity contribution is 6.33. The lowest BCUT2D eigenvalue weighted by molar-refractivity contribution is 0.112. The number of aldehydes is 1. The Morgan fingerprint density at radius 2 is 1.82 bits per heavy atom. The summed E-state index contributed by atoms with van der Waals surface area (Å²) in [7, 11) is 0.